The normalized spacial score (nSPS) is 13.4. The van der Waals surface area contributed by atoms with Gasteiger partial charge in [0.25, 0.3) is 0 Å². The van der Waals surface area contributed by atoms with Crippen LogP contribution in [0.25, 0.3) is 54.9 Å². The summed E-state index contributed by atoms with van der Waals surface area (Å²) in [5.74, 6) is 0. The number of rotatable bonds is 7. The Bertz CT molecular complexity index is 2700. The molecule has 0 amide bonds. The third-order valence-electron chi connectivity index (χ3n) is 10.2. The third kappa shape index (κ3) is 5.25. The summed E-state index contributed by atoms with van der Waals surface area (Å²) in [5, 5.41) is 9.82. The number of hydrogen-bond donors (Lipinski definition) is 0. The second-order valence-electron chi connectivity index (χ2n) is 13.6. The molecule has 8 aromatic rings. The second-order valence-corrected chi connectivity index (χ2v) is 13.6. The molecule has 9 rings (SSSR count). The van der Waals surface area contributed by atoms with Crippen LogP contribution in [0.1, 0.15) is 57.9 Å². The van der Waals surface area contributed by atoms with Crippen LogP contribution >= 0.6 is 0 Å². The zero-order valence-corrected chi connectivity index (χ0v) is 30.5. The zero-order valence-electron chi connectivity index (χ0n) is 30.5. The van der Waals surface area contributed by atoms with Gasteiger partial charge < -0.3 is 9.32 Å². The standard InChI is InChI=1S/C46H37N3O.C2H6/c1-5-7-15-30(14-6-2)44-45(41-26-31-16-8-9-17-32(31)29-48(41)47-44)49(34-23-25-43-38(28-34)36-19-11-13-21-42(36)50-43)33-22-24-40-37(27-33)35-18-10-12-20-39(35)46(40,3)4;1-2/h5,7-29H,1,6H2,2-4H3;1-2H3/b15-7-,30-14+;. The van der Waals surface area contributed by atoms with Crippen LogP contribution in [0.3, 0.4) is 0 Å². The van der Waals surface area contributed by atoms with Gasteiger partial charge in [0.15, 0.2) is 0 Å². The fourth-order valence-corrected chi connectivity index (χ4v) is 7.87. The molecule has 52 heavy (non-hydrogen) atoms. The molecule has 0 N–H and O–H groups in total. The van der Waals surface area contributed by atoms with E-state index in [1.165, 1.54) is 22.3 Å². The van der Waals surface area contributed by atoms with Gasteiger partial charge in [-0.1, -0.05) is 138 Å². The third-order valence-corrected chi connectivity index (χ3v) is 10.2. The van der Waals surface area contributed by atoms with E-state index in [-0.39, 0.29) is 5.41 Å². The maximum absolute atomic E-state index is 6.30. The van der Waals surface area contributed by atoms with E-state index in [2.05, 4.69) is 154 Å². The molecule has 3 heterocycles. The van der Waals surface area contributed by atoms with Crippen molar-refractivity contribution in [3.63, 3.8) is 0 Å². The zero-order chi connectivity index (χ0) is 36.0. The summed E-state index contributed by atoms with van der Waals surface area (Å²) in [6.45, 7) is 14.8. The number of para-hydroxylation sites is 1. The molecule has 0 saturated carbocycles. The molecule has 0 atom stereocenters. The van der Waals surface area contributed by atoms with E-state index in [4.69, 9.17) is 9.52 Å². The highest BCUT2D eigenvalue weighted by atomic mass is 16.3. The van der Waals surface area contributed by atoms with E-state index in [1.54, 1.807) is 0 Å². The predicted octanol–water partition coefficient (Wildman–Crippen LogP) is 13.7. The Morgan fingerprint density at radius 2 is 1.46 bits per heavy atom. The van der Waals surface area contributed by atoms with Crippen molar-refractivity contribution in [2.75, 3.05) is 4.90 Å². The van der Waals surface area contributed by atoms with E-state index in [0.717, 1.165) is 73.0 Å². The molecule has 256 valence electrons. The van der Waals surface area contributed by atoms with Crippen molar-refractivity contribution in [1.82, 2.24) is 9.61 Å². The first kappa shape index (κ1) is 33.0. The lowest BCUT2D eigenvalue weighted by atomic mass is 9.82. The van der Waals surface area contributed by atoms with Crippen LogP contribution in [0, 0.1) is 0 Å². The summed E-state index contributed by atoms with van der Waals surface area (Å²) in [6.07, 6.45) is 11.2. The van der Waals surface area contributed by atoms with Crippen molar-refractivity contribution >= 4 is 60.9 Å². The van der Waals surface area contributed by atoms with Gasteiger partial charge in [0, 0.05) is 44.7 Å². The molecule has 0 spiro atoms. The van der Waals surface area contributed by atoms with E-state index in [0.29, 0.717) is 0 Å². The van der Waals surface area contributed by atoms with E-state index in [1.807, 2.05) is 42.6 Å². The fraction of sp³-hybridized carbons (Fsp3) is 0.146. The lowest BCUT2D eigenvalue weighted by Gasteiger charge is -2.27. The first-order chi connectivity index (χ1) is 25.5. The largest absolute Gasteiger partial charge is 0.456 e. The number of hydrogen-bond acceptors (Lipinski definition) is 3. The maximum Gasteiger partial charge on any atom is 0.135 e. The lowest BCUT2D eigenvalue weighted by molar-refractivity contribution is 0.660. The van der Waals surface area contributed by atoms with Crippen molar-refractivity contribution < 1.29 is 4.42 Å². The highest BCUT2D eigenvalue weighted by molar-refractivity contribution is 6.07. The maximum atomic E-state index is 6.30. The van der Waals surface area contributed by atoms with Crippen LogP contribution < -0.4 is 4.90 Å². The summed E-state index contributed by atoms with van der Waals surface area (Å²) >= 11 is 0. The van der Waals surface area contributed by atoms with Gasteiger partial charge >= 0.3 is 0 Å². The number of fused-ring (bicyclic) bond motifs is 8. The SMILES string of the molecule is C=C/C=C\C(=C/CC)c1nn2cc3ccccc3cc2c1N(c1ccc2c(c1)-c1ccccc1C2(C)C)c1ccc2oc3ccccc3c2c1.CC. The van der Waals surface area contributed by atoms with Crippen LogP contribution in [-0.2, 0) is 5.41 Å². The van der Waals surface area contributed by atoms with Gasteiger partial charge in [0.2, 0.25) is 0 Å². The molecular weight excluding hydrogens is 635 g/mol. The molecule has 1 aliphatic rings. The molecule has 0 aliphatic heterocycles. The molecular formula is C48H43N3O. The highest BCUT2D eigenvalue weighted by Gasteiger charge is 2.36. The molecule has 0 bridgehead atoms. The molecule has 1 aliphatic carbocycles. The average molecular weight is 678 g/mol. The second kappa shape index (κ2) is 13.2. The molecule has 4 heteroatoms. The van der Waals surface area contributed by atoms with Crippen molar-refractivity contribution in [3.8, 4) is 11.1 Å². The van der Waals surface area contributed by atoms with Gasteiger partial charge in [-0.15, -0.1) is 0 Å². The van der Waals surface area contributed by atoms with Gasteiger partial charge in [-0.25, -0.2) is 4.52 Å². The number of aromatic nitrogens is 2. The number of pyridine rings is 1. The molecule has 0 fully saturated rings. The Morgan fingerprint density at radius 1 is 0.769 bits per heavy atom. The summed E-state index contributed by atoms with van der Waals surface area (Å²) in [5.41, 5.74) is 13.0. The van der Waals surface area contributed by atoms with Gasteiger partial charge in [0.05, 0.1) is 5.52 Å². The topological polar surface area (TPSA) is 33.7 Å². The summed E-state index contributed by atoms with van der Waals surface area (Å²) < 4.78 is 8.34. The Morgan fingerprint density at radius 3 is 2.29 bits per heavy atom. The molecule has 5 aromatic carbocycles. The number of furan rings is 1. The highest BCUT2D eigenvalue weighted by Crippen LogP contribution is 2.52. The van der Waals surface area contributed by atoms with Crippen LogP contribution in [-0.4, -0.2) is 9.61 Å². The van der Waals surface area contributed by atoms with Gasteiger partial charge in [-0.3, -0.25) is 0 Å². The van der Waals surface area contributed by atoms with Gasteiger partial charge in [-0.05, 0) is 76.5 Å². The monoisotopic (exact) mass is 677 g/mol. The van der Waals surface area contributed by atoms with Crippen LogP contribution in [0.15, 0.2) is 157 Å². The summed E-state index contributed by atoms with van der Waals surface area (Å²) in [6, 6.07) is 41.4. The van der Waals surface area contributed by atoms with E-state index in [9.17, 15) is 0 Å². The molecule has 0 saturated heterocycles. The minimum atomic E-state index is -0.0924. The Labute approximate surface area is 305 Å². The van der Waals surface area contributed by atoms with Gasteiger partial charge in [-0.2, -0.15) is 5.10 Å². The first-order valence-electron chi connectivity index (χ1n) is 18.3. The number of benzene rings is 5. The summed E-state index contributed by atoms with van der Waals surface area (Å²) in [4.78, 5) is 2.40. The predicted molar refractivity (Wildman–Crippen MR) is 221 cm³/mol. The lowest BCUT2D eigenvalue weighted by Crippen LogP contribution is -2.15. The number of nitrogens with zero attached hydrogens (tertiary/aromatic N) is 3. The Kier molecular flexibility index (Phi) is 8.39. The first-order valence-corrected chi connectivity index (χ1v) is 18.3. The van der Waals surface area contributed by atoms with Crippen molar-refractivity contribution in [2.45, 2.75) is 46.5 Å². The molecule has 3 aromatic heterocycles. The van der Waals surface area contributed by atoms with Crippen LogP contribution in [0.4, 0.5) is 17.1 Å². The number of allylic oxidation sites excluding steroid dienone is 5. The van der Waals surface area contributed by atoms with Crippen LogP contribution in [0.5, 0.6) is 0 Å². The Balaban J connectivity index is 0.00000190. The van der Waals surface area contributed by atoms with Crippen molar-refractivity contribution in [1.29, 1.82) is 0 Å². The van der Waals surface area contributed by atoms with Crippen molar-refractivity contribution in [3.05, 3.63) is 169 Å². The average Bonchev–Trinajstić information content (AvgIpc) is 3.81. The minimum Gasteiger partial charge on any atom is -0.456 e. The molecule has 0 unspecified atom stereocenters. The Hall–Kier alpha value is -6.13. The molecule has 0 radical (unpaired) electrons. The number of anilines is 3. The fourth-order valence-electron chi connectivity index (χ4n) is 7.87. The van der Waals surface area contributed by atoms with Gasteiger partial charge in [0.1, 0.15) is 22.5 Å². The summed E-state index contributed by atoms with van der Waals surface area (Å²) in [7, 11) is 0. The quantitative estimate of drug-likeness (QED) is 0.157. The smallest absolute Gasteiger partial charge is 0.135 e. The van der Waals surface area contributed by atoms with Crippen molar-refractivity contribution in [2.24, 2.45) is 0 Å². The molecule has 4 nitrogen and oxygen atoms in total. The van der Waals surface area contributed by atoms with E-state index >= 15 is 0 Å². The van der Waals surface area contributed by atoms with E-state index < -0.39 is 0 Å². The minimum absolute atomic E-state index is 0.0924. The van der Waals surface area contributed by atoms with Crippen LogP contribution in [0.2, 0.25) is 0 Å².